The second kappa shape index (κ2) is 4.77. The van der Waals surface area contributed by atoms with Crippen molar-refractivity contribution in [1.29, 1.82) is 0 Å². The van der Waals surface area contributed by atoms with E-state index in [0.29, 0.717) is 18.5 Å². The highest BCUT2D eigenvalue weighted by atomic mass is 16.5. The normalized spacial score (nSPS) is 22.9. The van der Waals surface area contributed by atoms with Crippen molar-refractivity contribution in [2.75, 3.05) is 13.1 Å². The minimum atomic E-state index is -1.15. The molecule has 4 N–H and O–H groups in total. The molecule has 0 amide bonds. The van der Waals surface area contributed by atoms with E-state index in [4.69, 9.17) is 4.52 Å². The molecule has 1 aliphatic heterocycles. The van der Waals surface area contributed by atoms with Gasteiger partial charge in [0.2, 0.25) is 5.82 Å². The quantitative estimate of drug-likeness (QED) is 0.598. The molecule has 0 spiro atoms. The Morgan fingerprint density at radius 3 is 2.80 bits per heavy atom. The molecular formula is C13H15N3O4. The van der Waals surface area contributed by atoms with Crippen molar-refractivity contribution in [2.45, 2.75) is 18.4 Å². The predicted octanol–water partition coefficient (Wildman–Crippen LogP) is 0.719. The zero-order chi connectivity index (χ0) is 14.2. The second-order valence-electron chi connectivity index (χ2n) is 4.94. The molecule has 1 aromatic heterocycles. The number of phenolic OH excluding ortho intramolecular Hbond substituents is 2. The highest BCUT2D eigenvalue weighted by molar-refractivity contribution is 5.60. The summed E-state index contributed by atoms with van der Waals surface area (Å²) in [6.45, 7) is 1.23. The van der Waals surface area contributed by atoms with Crippen molar-refractivity contribution in [1.82, 2.24) is 15.5 Å². The Hall–Kier alpha value is -2.12. The summed E-state index contributed by atoms with van der Waals surface area (Å²) >= 11 is 0. The van der Waals surface area contributed by atoms with Crippen molar-refractivity contribution in [3.05, 3.63) is 24.1 Å². The topological polar surface area (TPSA) is 112 Å². The number of aromatic hydroxyl groups is 2. The van der Waals surface area contributed by atoms with Crippen LogP contribution in [0.2, 0.25) is 0 Å². The van der Waals surface area contributed by atoms with Crippen molar-refractivity contribution in [2.24, 2.45) is 0 Å². The first kappa shape index (κ1) is 12.9. The summed E-state index contributed by atoms with van der Waals surface area (Å²) < 4.78 is 5.14. The smallest absolute Gasteiger partial charge is 0.260 e. The molecule has 106 valence electrons. The Kier molecular flexibility index (Phi) is 3.07. The predicted molar refractivity (Wildman–Crippen MR) is 69.1 cm³/mol. The van der Waals surface area contributed by atoms with Gasteiger partial charge in [0.1, 0.15) is 0 Å². The monoisotopic (exact) mass is 277 g/mol. The van der Waals surface area contributed by atoms with E-state index >= 15 is 0 Å². The molecule has 3 rings (SSSR count). The van der Waals surface area contributed by atoms with Crippen molar-refractivity contribution < 1.29 is 19.8 Å². The number of benzene rings is 1. The summed E-state index contributed by atoms with van der Waals surface area (Å²) in [6.07, 6.45) is 1.39. The van der Waals surface area contributed by atoms with Crippen LogP contribution in [0.3, 0.4) is 0 Å². The first-order valence-electron chi connectivity index (χ1n) is 6.38. The van der Waals surface area contributed by atoms with E-state index in [-0.39, 0.29) is 23.2 Å². The average molecular weight is 277 g/mol. The number of aromatic nitrogens is 2. The lowest BCUT2D eigenvalue weighted by molar-refractivity contribution is -0.0167. The zero-order valence-electron chi connectivity index (χ0n) is 10.7. The molecule has 0 radical (unpaired) electrons. The maximum Gasteiger partial charge on any atom is 0.260 e. The van der Waals surface area contributed by atoms with Crippen LogP contribution in [0, 0.1) is 0 Å². The molecule has 7 heteroatoms. The highest BCUT2D eigenvalue weighted by Crippen LogP contribution is 2.31. The molecule has 0 aliphatic carbocycles. The number of nitrogens with one attached hydrogen (secondary N) is 1. The average Bonchev–Trinajstić information content (AvgIpc) is 2.93. The molecule has 0 saturated carbocycles. The zero-order valence-corrected chi connectivity index (χ0v) is 10.7. The number of rotatable bonds is 2. The summed E-state index contributed by atoms with van der Waals surface area (Å²) in [6, 6.07) is 4.25. The Labute approximate surface area is 114 Å². The van der Waals surface area contributed by atoms with Gasteiger partial charge in [0.15, 0.2) is 17.1 Å². The summed E-state index contributed by atoms with van der Waals surface area (Å²) in [7, 11) is 0. The van der Waals surface area contributed by atoms with E-state index in [9.17, 15) is 15.3 Å². The van der Waals surface area contributed by atoms with Gasteiger partial charge in [0.05, 0.1) is 0 Å². The van der Waals surface area contributed by atoms with Crippen molar-refractivity contribution >= 4 is 0 Å². The molecule has 1 atom stereocenters. The van der Waals surface area contributed by atoms with Crippen molar-refractivity contribution in [3.8, 4) is 22.9 Å². The van der Waals surface area contributed by atoms with Gasteiger partial charge in [-0.1, -0.05) is 5.16 Å². The van der Waals surface area contributed by atoms with E-state index in [1.807, 2.05) is 0 Å². The van der Waals surface area contributed by atoms with Crippen LogP contribution in [0.4, 0.5) is 0 Å². The fourth-order valence-electron chi connectivity index (χ4n) is 2.26. The molecule has 1 aliphatic rings. The molecular weight excluding hydrogens is 262 g/mol. The van der Waals surface area contributed by atoms with E-state index in [1.165, 1.54) is 12.1 Å². The standard InChI is InChI=1S/C13H15N3O4/c17-9-3-2-8(6-10(9)18)11-15-12(20-16-11)13(19)4-1-5-14-7-13/h2-3,6,14,17-19H,1,4-5,7H2. The van der Waals surface area contributed by atoms with Gasteiger partial charge in [0.25, 0.3) is 5.89 Å². The third-order valence-electron chi connectivity index (χ3n) is 3.42. The molecule has 1 unspecified atom stereocenters. The van der Waals surface area contributed by atoms with Crippen LogP contribution < -0.4 is 5.32 Å². The number of β-amino-alcohol motifs (C(OH)–C–C–N with tert-alkyl or cyclic N) is 1. The summed E-state index contributed by atoms with van der Waals surface area (Å²) in [5.41, 5.74) is -0.648. The summed E-state index contributed by atoms with van der Waals surface area (Å²) in [4.78, 5) is 4.19. The van der Waals surface area contributed by atoms with Gasteiger partial charge in [-0.2, -0.15) is 4.98 Å². The summed E-state index contributed by atoms with van der Waals surface area (Å²) in [5, 5.41) is 36.1. The van der Waals surface area contributed by atoms with E-state index < -0.39 is 5.60 Å². The van der Waals surface area contributed by atoms with Crippen LogP contribution in [0.15, 0.2) is 22.7 Å². The molecule has 1 aromatic carbocycles. The van der Waals surface area contributed by atoms with E-state index in [0.717, 1.165) is 13.0 Å². The molecule has 1 fully saturated rings. The van der Waals surface area contributed by atoms with Crippen LogP contribution in [0.25, 0.3) is 11.4 Å². The molecule has 0 bridgehead atoms. The van der Waals surface area contributed by atoms with Crippen LogP contribution in [-0.2, 0) is 5.60 Å². The van der Waals surface area contributed by atoms with Gasteiger partial charge in [-0.25, -0.2) is 0 Å². The van der Waals surface area contributed by atoms with Crippen LogP contribution in [0.5, 0.6) is 11.5 Å². The highest BCUT2D eigenvalue weighted by Gasteiger charge is 2.37. The Bertz CT molecular complexity index is 620. The first-order chi connectivity index (χ1) is 9.58. The Morgan fingerprint density at radius 1 is 1.25 bits per heavy atom. The number of nitrogens with zero attached hydrogens (tertiary/aromatic N) is 2. The number of aliphatic hydroxyl groups is 1. The summed E-state index contributed by atoms with van der Waals surface area (Å²) in [5.74, 6) is -0.0546. The van der Waals surface area contributed by atoms with Gasteiger partial charge in [-0.15, -0.1) is 0 Å². The third-order valence-corrected chi connectivity index (χ3v) is 3.42. The van der Waals surface area contributed by atoms with Gasteiger partial charge >= 0.3 is 0 Å². The maximum absolute atomic E-state index is 10.5. The van der Waals surface area contributed by atoms with Gasteiger partial charge in [0, 0.05) is 12.1 Å². The van der Waals surface area contributed by atoms with E-state index in [1.54, 1.807) is 6.07 Å². The SMILES string of the molecule is Oc1ccc(-c2noc(C3(O)CCCNC3)n2)cc1O. The lowest BCUT2D eigenvalue weighted by atomic mass is 9.94. The molecule has 20 heavy (non-hydrogen) atoms. The lowest BCUT2D eigenvalue weighted by Gasteiger charge is -2.28. The van der Waals surface area contributed by atoms with Crippen LogP contribution in [0.1, 0.15) is 18.7 Å². The second-order valence-corrected chi connectivity index (χ2v) is 4.94. The number of phenols is 2. The van der Waals surface area contributed by atoms with Crippen LogP contribution in [-0.4, -0.2) is 38.5 Å². The minimum absolute atomic E-state index is 0.160. The molecule has 2 aromatic rings. The van der Waals surface area contributed by atoms with E-state index in [2.05, 4.69) is 15.5 Å². The Morgan fingerprint density at radius 2 is 2.10 bits per heavy atom. The van der Waals surface area contributed by atoms with Gasteiger partial charge in [-0.3, -0.25) is 0 Å². The first-order valence-corrected chi connectivity index (χ1v) is 6.38. The molecule has 1 saturated heterocycles. The van der Waals surface area contributed by atoms with Gasteiger partial charge in [-0.05, 0) is 37.6 Å². The lowest BCUT2D eigenvalue weighted by Crippen LogP contribution is -2.43. The molecule has 7 nitrogen and oxygen atoms in total. The largest absolute Gasteiger partial charge is 0.504 e. The molecule has 2 heterocycles. The Balaban J connectivity index is 1.91. The fourth-order valence-corrected chi connectivity index (χ4v) is 2.26. The number of hydrogen-bond acceptors (Lipinski definition) is 7. The minimum Gasteiger partial charge on any atom is -0.504 e. The fraction of sp³-hybridized carbons (Fsp3) is 0.385. The maximum atomic E-state index is 10.5. The van der Waals surface area contributed by atoms with Crippen LogP contribution >= 0.6 is 0 Å². The van der Waals surface area contributed by atoms with Gasteiger partial charge < -0.3 is 25.2 Å². The third kappa shape index (κ3) is 2.21. The number of piperidine rings is 1. The van der Waals surface area contributed by atoms with Crippen molar-refractivity contribution in [3.63, 3.8) is 0 Å². The number of hydrogen-bond donors (Lipinski definition) is 4.